The summed E-state index contributed by atoms with van der Waals surface area (Å²) in [6, 6.07) is 16.3. The first-order valence-electron chi connectivity index (χ1n) is 11.2. The van der Waals surface area contributed by atoms with Crippen LogP contribution in [0.5, 0.6) is 5.75 Å². The van der Waals surface area contributed by atoms with Crippen LogP contribution < -0.4 is 4.74 Å². The Balaban J connectivity index is 1.42. The van der Waals surface area contributed by atoms with Crippen molar-refractivity contribution in [3.63, 3.8) is 0 Å². The number of carbonyl (C=O) groups excluding carboxylic acids is 1. The number of carbonyl (C=O) groups is 1. The van der Waals surface area contributed by atoms with E-state index < -0.39 is 6.09 Å². The number of amides is 1. The van der Waals surface area contributed by atoms with Gasteiger partial charge >= 0.3 is 6.09 Å². The minimum atomic E-state index is -0.391. The fourth-order valence-corrected chi connectivity index (χ4v) is 4.07. The molecule has 3 aromatic rings. The van der Waals surface area contributed by atoms with E-state index in [1.54, 1.807) is 26.2 Å². The van der Waals surface area contributed by atoms with Gasteiger partial charge in [-0.15, -0.1) is 0 Å². The van der Waals surface area contributed by atoms with Crippen LogP contribution in [0.1, 0.15) is 31.2 Å². The molecule has 0 saturated carbocycles. The number of likely N-dealkylation sites (tertiary alicyclic amines) is 1. The quantitative estimate of drug-likeness (QED) is 0.521. The Morgan fingerprint density at radius 3 is 2.31 bits per heavy atom. The molecule has 6 nitrogen and oxygen atoms in total. The first kappa shape index (κ1) is 22.1. The van der Waals surface area contributed by atoms with E-state index in [9.17, 15) is 4.79 Å². The van der Waals surface area contributed by atoms with Crippen molar-refractivity contribution in [3.8, 4) is 28.3 Å². The highest BCUT2D eigenvalue weighted by Crippen LogP contribution is 2.28. The minimum absolute atomic E-state index is 0.391. The number of ether oxygens (including phenoxy) is 1. The molecule has 2 aromatic carbocycles. The molecule has 0 spiro atoms. The SMILES string of the molecule is Cc1oc(-c2ccc(-c3ccc(OC(=O)N(C)C)cc3)cc2)nc1CCN1CCC[C@H]1C. The normalized spacial score (nSPS) is 16.3. The summed E-state index contributed by atoms with van der Waals surface area (Å²) in [5, 5.41) is 0. The molecule has 0 N–H and O–H groups in total. The molecule has 0 radical (unpaired) electrons. The molecule has 1 aliphatic rings. The predicted octanol–water partition coefficient (Wildman–Crippen LogP) is 5.40. The third kappa shape index (κ3) is 5.02. The summed E-state index contributed by atoms with van der Waals surface area (Å²) in [6.07, 6.45) is 3.11. The van der Waals surface area contributed by atoms with Gasteiger partial charge in [-0.05, 0) is 68.6 Å². The lowest BCUT2D eigenvalue weighted by Gasteiger charge is -2.20. The van der Waals surface area contributed by atoms with Crippen LogP contribution in [0.2, 0.25) is 0 Å². The highest BCUT2D eigenvalue weighted by atomic mass is 16.6. The molecule has 1 atom stereocenters. The molecule has 0 aliphatic carbocycles. The first-order chi connectivity index (χ1) is 15.4. The maximum atomic E-state index is 11.7. The Bertz CT molecular complexity index is 1050. The van der Waals surface area contributed by atoms with Crippen molar-refractivity contribution in [2.75, 3.05) is 27.2 Å². The van der Waals surface area contributed by atoms with E-state index in [2.05, 4.69) is 24.0 Å². The number of oxazole rings is 1. The van der Waals surface area contributed by atoms with Gasteiger partial charge in [0.05, 0.1) is 5.69 Å². The summed E-state index contributed by atoms with van der Waals surface area (Å²) in [6.45, 7) is 6.52. The molecule has 1 fully saturated rings. The predicted molar refractivity (Wildman–Crippen MR) is 126 cm³/mol. The maximum Gasteiger partial charge on any atom is 0.414 e. The van der Waals surface area contributed by atoms with Gasteiger partial charge in [0.25, 0.3) is 0 Å². The summed E-state index contributed by atoms with van der Waals surface area (Å²) in [7, 11) is 3.31. The van der Waals surface area contributed by atoms with Gasteiger partial charge in [0.2, 0.25) is 5.89 Å². The summed E-state index contributed by atoms with van der Waals surface area (Å²) >= 11 is 0. The van der Waals surface area contributed by atoms with Crippen molar-refractivity contribution < 1.29 is 13.9 Å². The van der Waals surface area contributed by atoms with Crippen molar-refractivity contribution in [3.05, 3.63) is 60.0 Å². The van der Waals surface area contributed by atoms with E-state index in [1.165, 1.54) is 24.3 Å². The van der Waals surface area contributed by atoms with Crippen LogP contribution >= 0.6 is 0 Å². The Morgan fingerprint density at radius 2 is 1.72 bits per heavy atom. The molecular formula is C26H31N3O3. The van der Waals surface area contributed by atoms with E-state index in [-0.39, 0.29) is 0 Å². The largest absolute Gasteiger partial charge is 0.441 e. The number of nitrogens with zero attached hydrogens (tertiary/aromatic N) is 3. The first-order valence-corrected chi connectivity index (χ1v) is 11.2. The van der Waals surface area contributed by atoms with E-state index in [4.69, 9.17) is 14.1 Å². The minimum Gasteiger partial charge on any atom is -0.441 e. The van der Waals surface area contributed by atoms with Crippen LogP contribution in [0, 0.1) is 6.92 Å². The van der Waals surface area contributed by atoms with E-state index in [0.717, 1.165) is 41.1 Å². The number of aryl methyl sites for hydroxylation is 1. The monoisotopic (exact) mass is 433 g/mol. The second-order valence-corrected chi connectivity index (χ2v) is 8.66. The zero-order valence-electron chi connectivity index (χ0n) is 19.3. The summed E-state index contributed by atoms with van der Waals surface area (Å²) in [4.78, 5) is 20.4. The van der Waals surface area contributed by atoms with Gasteiger partial charge < -0.3 is 19.0 Å². The average molecular weight is 434 g/mol. The molecule has 1 aromatic heterocycles. The van der Waals surface area contributed by atoms with Crippen molar-refractivity contribution in [1.82, 2.24) is 14.8 Å². The molecule has 2 heterocycles. The van der Waals surface area contributed by atoms with Gasteiger partial charge in [-0.1, -0.05) is 24.3 Å². The fourth-order valence-electron chi connectivity index (χ4n) is 4.07. The number of rotatable bonds is 6. The van der Waals surface area contributed by atoms with Gasteiger partial charge in [-0.25, -0.2) is 9.78 Å². The average Bonchev–Trinajstić information content (AvgIpc) is 3.37. The molecule has 168 valence electrons. The van der Waals surface area contributed by atoms with Gasteiger partial charge in [0.15, 0.2) is 0 Å². The summed E-state index contributed by atoms with van der Waals surface area (Å²) < 4.78 is 11.3. The lowest BCUT2D eigenvalue weighted by molar-refractivity contribution is 0.172. The van der Waals surface area contributed by atoms with E-state index in [1.807, 2.05) is 31.2 Å². The van der Waals surface area contributed by atoms with E-state index >= 15 is 0 Å². The second kappa shape index (κ2) is 9.57. The standard InChI is InChI=1S/C26H31N3O3/c1-18-6-5-16-29(18)17-15-24-19(2)31-25(27-24)22-9-7-20(8-10-22)21-11-13-23(14-12-21)32-26(30)28(3)4/h7-14,18H,5-6,15-17H2,1-4H3/t18-/m1/s1. The molecule has 4 rings (SSSR count). The lowest BCUT2D eigenvalue weighted by Crippen LogP contribution is -2.29. The highest BCUT2D eigenvalue weighted by molar-refractivity contribution is 5.71. The smallest absolute Gasteiger partial charge is 0.414 e. The van der Waals surface area contributed by atoms with Crippen LogP contribution in [-0.2, 0) is 6.42 Å². The number of aromatic nitrogens is 1. The Kier molecular flexibility index (Phi) is 6.61. The Labute approximate surface area is 189 Å². The Morgan fingerprint density at radius 1 is 1.09 bits per heavy atom. The zero-order valence-corrected chi connectivity index (χ0v) is 19.3. The van der Waals surface area contributed by atoms with Crippen molar-refractivity contribution in [1.29, 1.82) is 0 Å². The lowest BCUT2D eigenvalue weighted by atomic mass is 10.0. The maximum absolute atomic E-state index is 11.7. The van der Waals surface area contributed by atoms with Gasteiger partial charge in [0.1, 0.15) is 11.5 Å². The number of hydrogen-bond donors (Lipinski definition) is 0. The van der Waals surface area contributed by atoms with Gasteiger partial charge in [-0.3, -0.25) is 0 Å². The molecule has 0 bridgehead atoms. The van der Waals surface area contributed by atoms with Crippen molar-refractivity contribution in [2.45, 2.75) is 39.2 Å². The second-order valence-electron chi connectivity index (χ2n) is 8.66. The molecule has 32 heavy (non-hydrogen) atoms. The summed E-state index contributed by atoms with van der Waals surface area (Å²) in [5.74, 6) is 2.10. The summed E-state index contributed by atoms with van der Waals surface area (Å²) in [5.41, 5.74) is 4.14. The molecule has 0 unspecified atom stereocenters. The Hall–Kier alpha value is -3.12. The molecule has 6 heteroatoms. The third-order valence-corrected chi connectivity index (χ3v) is 6.11. The van der Waals surface area contributed by atoms with Crippen LogP contribution in [0.15, 0.2) is 52.9 Å². The molecule has 1 amide bonds. The fraction of sp³-hybridized carbons (Fsp3) is 0.385. The van der Waals surface area contributed by atoms with E-state index in [0.29, 0.717) is 17.7 Å². The molecular weight excluding hydrogens is 402 g/mol. The van der Waals surface area contributed by atoms with Crippen LogP contribution in [0.4, 0.5) is 4.79 Å². The zero-order chi connectivity index (χ0) is 22.7. The third-order valence-electron chi connectivity index (χ3n) is 6.11. The van der Waals surface area contributed by atoms with Gasteiger partial charge in [0, 0.05) is 38.7 Å². The van der Waals surface area contributed by atoms with Crippen molar-refractivity contribution in [2.24, 2.45) is 0 Å². The van der Waals surface area contributed by atoms with Crippen LogP contribution in [-0.4, -0.2) is 54.1 Å². The van der Waals surface area contributed by atoms with Crippen molar-refractivity contribution >= 4 is 6.09 Å². The van der Waals surface area contributed by atoms with Crippen LogP contribution in [0.25, 0.3) is 22.6 Å². The van der Waals surface area contributed by atoms with Crippen LogP contribution in [0.3, 0.4) is 0 Å². The molecule has 1 aliphatic heterocycles. The number of hydrogen-bond acceptors (Lipinski definition) is 5. The topological polar surface area (TPSA) is 58.8 Å². The highest BCUT2D eigenvalue weighted by Gasteiger charge is 2.21. The molecule has 1 saturated heterocycles. The van der Waals surface area contributed by atoms with Gasteiger partial charge in [-0.2, -0.15) is 0 Å². The number of benzene rings is 2.